The molecule has 1 aliphatic heterocycles. The standard InChI is InChI=1S/C21H21N3O3/c25-20(21(11-13-26-14-12-21)17-9-5-2-6-10-17)22-15-18-23-19(24-27-18)16-7-3-1-4-8-16/h1-10H,11-15H2,(H,22,25). The van der Waals surface area contributed by atoms with Crippen LogP contribution in [0.1, 0.15) is 24.3 Å². The van der Waals surface area contributed by atoms with Crippen molar-refractivity contribution in [1.82, 2.24) is 15.5 Å². The SMILES string of the molecule is O=C(NCc1nc(-c2ccccc2)no1)C1(c2ccccc2)CCOCC1. The third-order valence-electron chi connectivity index (χ3n) is 5.01. The van der Waals surface area contributed by atoms with Gasteiger partial charge >= 0.3 is 0 Å². The molecule has 0 atom stereocenters. The number of hydrogen-bond acceptors (Lipinski definition) is 5. The summed E-state index contributed by atoms with van der Waals surface area (Å²) in [5.41, 5.74) is 1.31. The number of aromatic nitrogens is 2. The van der Waals surface area contributed by atoms with Crippen molar-refractivity contribution in [1.29, 1.82) is 0 Å². The van der Waals surface area contributed by atoms with Crippen molar-refractivity contribution in [2.75, 3.05) is 13.2 Å². The lowest BCUT2D eigenvalue weighted by molar-refractivity contribution is -0.130. The van der Waals surface area contributed by atoms with Gasteiger partial charge in [0.1, 0.15) is 0 Å². The van der Waals surface area contributed by atoms with Crippen LogP contribution in [0.2, 0.25) is 0 Å². The lowest BCUT2D eigenvalue weighted by Gasteiger charge is -2.36. The molecule has 1 fully saturated rings. The Kier molecular flexibility index (Phi) is 4.98. The van der Waals surface area contributed by atoms with Crippen LogP contribution in [0.4, 0.5) is 0 Å². The smallest absolute Gasteiger partial charge is 0.246 e. The molecular formula is C21H21N3O3. The van der Waals surface area contributed by atoms with Gasteiger partial charge in [-0.25, -0.2) is 0 Å². The van der Waals surface area contributed by atoms with Crippen LogP contribution < -0.4 is 5.32 Å². The predicted molar refractivity (Wildman–Crippen MR) is 99.8 cm³/mol. The predicted octanol–water partition coefficient (Wildman–Crippen LogP) is 3.10. The minimum Gasteiger partial charge on any atom is -0.381 e. The van der Waals surface area contributed by atoms with E-state index in [0.717, 1.165) is 11.1 Å². The number of nitrogens with one attached hydrogen (secondary N) is 1. The summed E-state index contributed by atoms with van der Waals surface area (Å²) in [6.45, 7) is 1.34. The van der Waals surface area contributed by atoms with Gasteiger partial charge < -0.3 is 14.6 Å². The van der Waals surface area contributed by atoms with Crippen LogP contribution in [0.3, 0.4) is 0 Å². The molecule has 0 aliphatic carbocycles. The normalized spacial score (nSPS) is 16.0. The lowest BCUT2D eigenvalue weighted by atomic mass is 9.73. The molecule has 0 bridgehead atoms. The van der Waals surface area contributed by atoms with Crippen LogP contribution in [0.5, 0.6) is 0 Å². The molecule has 1 amide bonds. The van der Waals surface area contributed by atoms with E-state index in [2.05, 4.69) is 15.5 Å². The van der Waals surface area contributed by atoms with Gasteiger partial charge in [0.15, 0.2) is 0 Å². The van der Waals surface area contributed by atoms with E-state index in [4.69, 9.17) is 9.26 Å². The van der Waals surface area contributed by atoms with Gasteiger partial charge in [-0.3, -0.25) is 4.79 Å². The summed E-state index contributed by atoms with van der Waals surface area (Å²) in [6, 6.07) is 19.5. The third kappa shape index (κ3) is 3.61. The quantitative estimate of drug-likeness (QED) is 0.754. The first-order valence-electron chi connectivity index (χ1n) is 9.07. The Balaban J connectivity index is 1.48. The first-order chi connectivity index (χ1) is 13.3. The van der Waals surface area contributed by atoms with E-state index in [1.807, 2.05) is 60.7 Å². The zero-order valence-electron chi connectivity index (χ0n) is 14.9. The highest BCUT2D eigenvalue weighted by Crippen LogP contribution is 2.35. The molecule has 2 aromatic carbocycles. The minimum absolute atomic E-state index is 0.0311. The summed E-state index contributed by atoms with van der Waals surface area (Å²) >= 11 is 0. The Morgan fingerprint density at radius 1 is 1.00 bits per heavy atom. The molecule has 6 nitrogen and oxygen atoms in total. The number of carbonyl (C=O) groups excluding carboxylic acids is 1. The van der Waals surface area contributed by atoms with E-state index in [1.165, 1.54) is 0 Å². The maximum Gasteiger partial charge on any atom is 0.246 e. The molecule has 0 radical (unpaired) electrons. The number of rotatable bonds is 5. The van der Waals surface area contributed by atoms with Crippen molar-refractivity contribution in [3.05, 3.63) is 72.1 Å². The molecule has 4 rings (SSSR count). The fourth-order valence-corrected chi connectivity index (χ4v) is 3.48. The number of carbonyl (C=O) groups is 1. The molecule has 1 aromatic heterocycles. The summed E-state index contributed by atoms with van der Waals surface area (Å²) in [6.07, 6.45) is 1.31. The second-order valence-corrected chi connectivity index (χ2v) is 6.62. The molecular weight excluding hydrogens is 342 g/mol. The molecule has 27 heavy (non-hydrogen) atoms. The fraction of sp³-hybridized carbons (Fsp3) is 0.286. The number of amides is 1. The van der Waals surface area contributed by atoms with Crippen LogP contribution in [-0.2, 0) is 21.5 Å². The van der Waals surface area contributed by atoms with Crippen molar-refractivity contribution >= 4 is 5.91 Å². The molecule has 0 spiro atoms. The van der Waals surface area contributed by atoms with Gasteiger partial charge in [-0.1, -0.05) is 65.8 Å². The second kappa shape index (κ2) is 7.72. The number of hydrogen-bond donors (Lipinski definition) is 1. The maximum absolute atomic E-state index is 13.1. The van der Waals surface area contributed by atoms with Crippen molar-refractivity contribution < 1.29 is 14.1 Å². The first-order valence-corrected chi connectivity index (χ1v) is 9.07. The minimum atomic E-state index is -0.582. The average molecular weight is 363 g/mol. The lowest BCUT2D eigenvalue weighted by Crippen LogP contribution is -2.47. The topological polar surface area (TPSA) is 77.3 Å². The average Bonchev–Trinajstić information content (AvgIpc) is 3.23. The molecule has 2 heterocycles. The van der Waals surface area contributed by atoms with E-state index >= 15 is 0 Å². The summed E-state index contributed by atoms with van der Waals surface area (Å²) in [5, 5.41) is 6.98. The zero-order valence-corrected chi connectivity index (χ0v) is 14.9. The van der Waals surface area contributed by atoms with Crippen LogP contribution >= 0.6 is 0 Å². The van der Waals surface area contributed by atoms with Gasteiger partial charge in [0.05, 0.1) is 12.0 Å². The molecule has 6 heteroatoms. The van der Waals surface area contributed by atoms with Crippen LogP contribution in [-0.4, -0.2) is 29.3 Å². The monoisotopic (exact) mass is 363 g/mol. The fourth-order valence-electron chi connectivity index (χ4n) is 3.48. The van der Waals surface area contributed by atoms with E-state index in [1.54, 1.807) is 0 Å². The van der Waals surface area contributed by atoms with E-state index in [-0.39, 0.29) is 12.5 Å². The molecule has 1 aliphatic rings. The largest absolute Gasteiger partial charge is 0.381 e. The van der Waals surface area contributed by atoms with Gasteiger partial charge in [0.25, 0.3) is 0 Å². The van der Waals surface area contributed by atoms with Crippen molar-refractivity contribution in [2.24, 2.45) is 0 Å². The summed E-state index contributed by atoms with van der Waals surface area (Å²) in [7, 11) is 0. The molecule has 0 unspecified atom stereocenters. The number of ether oxygens (including phenoxy) is 1. The third-order valence-corrected chi connectivity index (χ3v) is 5.01. The molecule has 3 aromatic rings. The maximum atomic E-state index is 13.1. The van der Waals surface area contributed by atoms with Crippen molar-refractivity contribution in [2.45, 2.75) is 24.8 Å². The highest BCUT2D eigenvalue weighted by atomic mass is 16.5. The Labute approximate surface area is 157 Å². The molecule has 138 valence electrons. The summed E-state index contributed by atoms with van der Waals surface area (Å²) in [4.78, 5) is 17.5. The van der Waals surface area contributed by atoms with Crippen LogP contribution in [0.15, 0.2) is 65.2 Å². The first kappa shape index (κ1) is 17.4. The summed E-state index contributed by atoms with van der Waals surface area (Å²) < 4.78 is 10.8. The Morgan fingerprint density at radius 3 is 2.37 bits per heavy atom. The van der Waals surface area contributed by atoms with Gasteiger partial charge in [0, 0.05) is 18.8 Å². The summed E-state index contributed by atoms with van der Waals surface area (Å²) in [5.74, 6) is 0.873. The van der Waals surface area contributed by atoms with E-state index < -0.39 is 5.41 Å². The van der Waals surface area contributed by atoms with Crippen molar-refractivity contribution in [3.63, 3.8) is 0 Å². The Hall–Kier alpha value is -2.99. The Morgan fingerprint density at radius 2 is 1.67 bits per heavy atom. The zero-order chi connectivity index (χ0) is 18.5. The van der Waals surface area contributed by atoms with Gasteiger partial charge in [-0.2, -0.15) is 4.98 Å². The van der Waals surface area contributed by atoms with Crippen LogP contribution in [0, 0.1) is 0 Å². The number of nitrogens with zero attached hydrogens (tertiary/aromatic N) is 2. The van der Waals surface area contributed by atoms with Gasteiger partial charge in [-0.15, -0.1) is 0 Å². The van der Waals surface area contributed by atoms with Gasteiger partial charge in [-0.05, 0) is 18.4 Å². The van der Waals surface area contributed by atoms with E-state index in [0.29, 0.717) is 37.8 Å². The highest BCUT2D eigenvalue weighted by Gasteiger charge is 2.41. The highest BCUT2D eigenvalue weighted by molar-refractivity contribution is 5.88. The second-order valence-electron chi connectivity index (χ2n) is 6.62. The Bertz CT molecular complexity index is 887. The van der Waals surface area contributed by atoms with E-state index in [9.17, 15) is 4.79 Å². The molecule has 0 saturated carbocycles. The van der Waals surface area contributed by atoms with Crippen LogP contribution in [0.25, 0.3) is 11.4 Å². The molecule has 1 N–H and O–H groups in total. The molecule has 1 saturated heterocycles. The number of benzene rings is 2. The van der Waals surface area contributed by atoms with Crippen molar-refractivity contribution in [3.8, 4) is 11.4 Å². The van der Waals surface area contributed by atoms with Gasteiger partial charge in [0.2, 0.25) is 17.6 Å².